The molecule has 0 aliphatic rings. The average Bonchev–Trinajstić information content (AvgIpc) is 2.94. The summed E-state index contributed by atoms with van der Waals surface area (Å²) in [6.45, 7) is 11.6. The summed E-state index contributed by atoms with van der Waals surface area (Å²) in [6.07, 6.45) is 0.307. The normalized spacial score (nSPS) is 13.8. The van der Waals surface area contributed by atoms with Crippen molar-refractivity contribution in [1.82, 2.24) is 16.0 Å². The molecule has 0 saturated carbocycles. The highest BCUT2D eigenvalue weighted by Crippen LogP contribution is 2.16. The summed E-state index contributed by atoms with van der Waals surface area (Å²) < 4.78 is 38.7. The van der Waals surface area contributed by atoms with Crippen LogP contribution in [0.4, 0.5) is 18.4 Å². The average molecular weight is 648 g/mol. The number of carbonyl (C=O) groups excluding carboxylic acids is 3. The van der Waals surface area contributed by atoms with Gasteiger partial charge in [-0.1, -0.05) is 36.8 Å². The lowest BCUT2D eigenvalue weighted by molar-refractivity contribution is -0.128. The number of rotatable bonds is 17. The van der Waals surface area contributed by atoms with Crippen LogP contribution in [0.15, 0.2) is 48.5 Å². The van der Waals surface area contributed by atoms with Crippen molar-refractivity contribution >= 4 is 18.0 Å². The molecule has 2 aromatic rings. The first-order valence-corrected chi connectivity index (χ1v) is 15.9. The van der Waals surface area contributed by atoms with Crippen molar-refractivity contribution in [1.29, 1.82) is 0 Å². The van der Waals surface area contributed by atoms with Crippen LogP contribution in [0.2, 0.25) is 0 Å². The van der Waals surface area contributed by atoms with Crippen molar-refractivity contribution in [2.24, 2.45) is 0 Å². The van der Waals surface area contributed by atoms with E-state index < -0.39 is 53.2 Å². The van der Waals surface area contributed by atoms with Gasteiger partial charge in [-0.15, -0.1) is 0 Å². The Morgan fingerprint density at radius 3 is 2.07 bits per heavy atom. The predicted molar refractivity (Wildman–Crippen MR) is 173 cm³/mol. The highest BCUT2D eigenvalue weighted by Gasteiger charge is 2.29. The number of aliphatic hydroxyl groups is 1. The molecule has 0 aliphatic carbocycles. The molecule has 0 saturated heterocycles. The molecular weight excluding hydrogens is 596 g/mol. The van der Waals surface area contributed by atoms with Gasteiger partial charge in [-0.3, -0.25) is 4.79 Å². The van der Waals surface area contributed by atoms with Crippen molar-refractivity contribution in [3.05, 3.63) is 71.3 Å². The molecule has 0 bridgehead atoms. The Bertz CT molecular complexity index is 1250. The third-order valence-electron chi connectivity index (χ3n) is 6.85. The van der Waals surface area contributed by atoms with E-state index in [2.05, 4.69) is 16.0 Å². The molecule has 3 atom stereocenters. The number of carbonyl (C=O) groups is 3. The summed E-state index contributed by atoms with van der Waals surface area (Å²) in [4.78, 5) is 37.7. The minimum Gasteiger partial charge on any atom is -0.444 e. The van der Waals surface area contributed by atoms with Gasteiger partial charge in [-0.25, -0.2) is 18.4 Å². The van der Waals surface area contributed by atoms with E-state index in [4.69, 9.17) is 9.47 Å². The van der Waals surface area contributed by atoms with Crippen LogP contribution in [0.1, 0.15) is 84.8 Å². The molecule has 0 fully saturated rings. The number of ketones is 1. The molecule has 11 heteroatoms. The molecule has 2 aromatic carbocycles. The molecule has 0 aliphatic heterocycles. The van der Waals surface area contributed by atoms with E-state index in [1.165, 1.54) is 0 Å². The smallest absolute Gasteiger partial charge is 0.407 e. The van der Waals surface area contributed by atoms with Crippen LogP contribution in [0, 0.1) is 11.6 Å². The number of unbranched alkanes of at least 4 members (excludes halogenated alkanes) is 2. The lowest BCUT2D eigenvalue weighted by Gasteiger charge is -2.26. The Morgan fingerprint density at radius 2 is 1.43 bits per heavy atom. The van der Waals surface area contributed by atoms with E-state index in [0.29, 0.717) is 25.9 Å². The zero-order chi connectivity index (χ0) is 34.3. The molecule has 4 N–H and O–H groups in total. The zero-order valence-corrected chi connectivity index (χ0v) is 28.0. The molecule has 256 valence electrons. The fourth-order valence-corrected chi connectivity index (χ4v) is 4.73. The van der Waals surface area contributed by atoms with Crippen molar-refractivity contribution < 1.29 is 37.7 Å². The molecule has 2 amide bonds. The number of ether oxygens (including phenoxy) is 2. The van der Waals surface area contributed by atoms with E-state index in [9.17, 15) is 28.3 Å². The van der Waals surface area contributed by atoms with Crippen LogP contribution in [0.3, 0.4) is 0 Å². The summed E-state index contributed by atoms with van der Waals surface area (Å²) in [5.74, 6) is -1.45. The second kappa shape index (κ2) is 18.5. The second-order valence-corrected chi connectivity index (χ2v) is 13.5. The number of alkyl carbamates (subject to hydrolysis) is 2. The van der Waals surface area contributed by atoms with Crippen LogP contribution in [-0.2, 0) is 27.1 Å². The fraction of sp³-hybridized carbons (Fsp3) is 0.571. The van der Waals surface area contributed by atoms with Crippen LogP contribution >= 0.6 is 0 Å². The second-order valence-electron chi connectivity index (χ2n) is 13.5. The van der Waals surface area contributed by atoms with Crippen LogP contribution in [0.5, 0.6) is 0 Å². The van der Waals surface area contributed by atoms with Gasteiger partial charge in [0.1, 0.15) is 28.9 Å². The molecule has 2 rings (SSSR count). The van der Waals surface area contributed by atoms with Gasteiger partial charge in [0.2, 0.25) is 0 Å². The first-order chi connectivity index (χ1) is 21.5. The Balaban J connectivity index is 1.81. The number of benzene rings is 2. The minimum absolute atomic E-state index is 0.100. The van der Waals surface area contributed by atoms with E-state index >= 15 is 0 Å². The molecular formula is C35H51F2N3O6. The maximum atomic E-state index is 14.3. The summed E-state index contributed by atoms with van der Waals surface area (Å²) in [7, 11) is 0. The standard InChI is InChI=1S/C35H51F2N3O6/c1-34(2,3)45-32(43)39-27(23-25-22-26(36)16-17-28(25)37)18-20-38-19-12-8-11-15-30(41)31(42)29(21-24-13-9-7-10-14-24)40-33(44)46-35(4,5)6/h7,9-10,13-14,16-17,22,27,29,31,38,42H,8,11-12,15,18-21,23H2,1-6H3,(H,39,43)(H,40,44)/t27?,29-,31+/m1/s1. The van der Waals surface area contributed by atoms with Gasteiger partial charge in [0.05, 0.1) is 6.04 Å². The maximum Gasteiger partial charge on any atom is 0.407 e. The first kappa shape index (κ1) is 38.6. The van der Waals surface area contributed by atoms with Gasteiger partial charge < -0.3 is 30.5 Å². The number of aliphatic hydroxyl groups excluding tert-OH is 1. The highest BCUT2D eigenvalue weighted by atomic mass is 19.1. The molecule has 9 nitrogen and oxygen atoms in total. The SMILES string of the molecule is CC(C)(C)OC(=O)NC(CCNCCCCCC(=O)[C@@H](O)[C@@H](Cc1ccccc1)NC(=O)OC(C)(C)C)Cc1cc(F)ccc1F. The number of hydrogen-bond acceptors (Lipinski definition) is 7. The number of hydrogen-bond donors (Lipinski definition) is 4. The molecule has 0 heterocycles. The van der Waals surface area contributed by atoms with Crippen LogP contribution in [-0.4, -0.2) is 65.6 Å². The van der Waals surface area contributed by atoms with Gasteiger partial charge in [0, 0.05) is 12.5 Å². The van der Waals surface area contributed by atoms with Gasteiger partial charge in [-0.05, 0) is 116 Å². The molecule has 1 unspecified atom stereocenters. The molecule has 0 aromatic heterocycles. The van der Waals surface area contributed by atoms with Crippen molar-refractivity contribution in [2.45, 2.75) is 116 Å². The van der Waals surface area contributed by atoms with Gasteiger partial charge in [-0.2, -0.15) is 0 Å². The molecule has 46 heavy (non-hydrogen) atoms. The van der Waals surface area contributed by atoms with E-state index in [-0.39, 0.29) is 30.6 Å². The summed E-state index contributed by atoms with van der Waals surface area (Å²) in [5, 5.41) is 19.6. The van der Waals surface area contributed by atoms with Crippen LogP contribution < -0.4 is 16.0 Å². The summed E-state index contributed by atoms with van der Waals surface area (Å²) in [6, 6.07) is 11.2. The van der Waals surface area contributed by atoms with Crippen molar-refractivity contribution in [3.63, 3.8) is 0 Å². The third-order valence-corrected chi connectivity index (χ3v) is 6.85. The lowest BCUT2D eigenvalue weighted by atomic mass is 9.96. The summed E-state index contributed by atoms with van der Waals surface area (Å²) >= 11 is 0. The monoisotopic (exact) mass is 647 g/mol. The number of halogens is 2. The van der Waals surface area contributed by atoms with E-state index in [0.717, 1.165) is 36.6 Å². The van der Waals surface area contributed by atoms with Gasteiger partial charge >= 0.3 is 12.2 Å². The number of nitrogens with one attached hydrogen (secondary N) is 3. The maximum absolute atomic E-state index is 14.3. The van der Waals surface area contributed by atoms with E-state index in [1.54, 1.807) is 41.5 Å². The Labute approximate surface area is 271 Å². The third kappa shape index (κ3) is 16.1. The number of amides is 2. The minimum atomic E-state index is -1.39. The number of Topliss-reactive ketones (excluding diaryl/α,β-unsaturated/α-hetero) is 1. The molecule has 0 spiro atoms. The Hall–Kier alpha value is -3.57. The summed E-state index contributed by atoms with van der Waals surface area (Å²) in [5.41, 5.74) is -0.392. The predicted octanol–water partition coefficient (Wildman–Crippen LogP) is 6.01. The molecule has 0 radical (unpaired) electrons. The van der Waals surface area contributed by atoms with Gasteiger partial charge in [0.15, 0.2) is 5.78 Å². The Morgan fingerprint density at radius 1 is 0.804 bits per heavy atom. The van der Waals surface area contributed by atoms with E-state index in [1.807, 2.05) is 30.3 Å². The van der Waals surface area contributed by atoms with Crippen molar-refractivity contribution in [3.8, 4) is 0 Å². The highest BCUT2D eigenvalue weighted by molar-refractivity contribution is 5.84. The largest absolute Gasteiger partial charge is 0.444 e. The van der Waals surface area contributed by atoms with Gasteiger partial charge in [0.25, 0.3) is 0 Å². The first-order valence-electron chi connectivity index (χ1n) is 15.9. The lowest BCUT2D eigenvalue weighted by Crippen LogP contribution is -2.49. The van der Waals surface area contributed by atoms with Crippen molar-refractivity contribution in [2.75, 3.05) is 13.1 Å². The quantitative estimate of drug-likeness (QED) is 0.155. The Kier molecular flexibility index (Phi) is 15.6. The fourth-order valence-electron chi connectivity index (χ4n) is 4.73. The topological polar surface area (TPSA) is 126 Å². The zero-order valence-electron chi connectivity index (χ0n) is 28.0. The van der Waals surface area contributed by atoms with Crippen LogP contribution in [0.25, 0.3) is 0 Å².